The van der Waals surface area contributed by atoms with Crippen molar-refractivity contribution in [1.82, 2.24) is 10.6 Å². The van der Waals surface area contributed by atoms with Crippen molar-refractivity contribution in [1.29, 1.82) is 0 Å². The predicted octanol–water partition coefficient (Wildman–Crippen LogP) is 2.44. The highest BCUT2D eigenvalue weighted by Gasteiger charge is 2.13. The molecule has 2 rings (SSSR count). The lowest BCUT2D eigenvalue weighted by Crippen LogP contribution is -2.36. The summed E-state index contributed by atoms with van der Waals surface area (Å²) in [6, 6.07) is 10.7. The van der Waals surface area contributed by atoms with Gasteiger partial charge in [-0.1, -0.05) is 12.1 Å². The molecule has 0 fully saturated rings. The summed E-state index contributed by atoms with van der Waals surface area (Å²) in [5.41, 5.74) is 1.04. The molecular weight excluding hydrogens is 378 g/mol. The Bertz CT molecular complexity index is 867. The number of non-ortho nitro benzene ring substituents is 1. The molecule has 0 aliphatic rings. The van der Waals surface area contributed by atoms with Gasteiger partial charge < -0.3 is 20.1 Å². The second-order valence-electron chi connectivity index (χ2n) is 5.91. The standard InChI is InChI=1S/C20H23N3O6/c1-3-28-17-10-7-15(11-18(17)29-4-2)20(25)22-13-19(24)21-12-14-5-8-16(9-6-14)23(26)27/h5-11H,3-4,12-13H2,1-2H3,(H,21,24)(H,22,25). The third kappa shape index (κ3) is 6.49. The number of nitrogens with zero attached hydrogens (tertiary/aromatic N) is 1. The molecule has 0 aromatic heterocycles. The topological polar surface area (TPSA) is 120 Å². The predicted molar refractivity (Wildman–Crippen MR) is 106 cm³/mol. The highest BCUT2D eigenvalue weighted by molar-refractivity contribution is 5.97. The maximum absolute atomic E-state index is 12.3. The Morgan fingerprint density at radius 1 is 0.966 bits per heavy atom. The molecule has 0 radical (unpaired) electrons. The maximum atomic E-state index is 12.3. The van der Waals surface area contributed by atoms with E-state index in [0.29, 0.717) is 35.8 Å². The Labute approximate surface area is 168 Å². The normalized spacial score (nSPS) is 10.1. The number of hydrogen-bond donors (Lipinski definition) is 2. The average molecular weight is 401 g/mol. The van der Waals surface area contributed by atoms with E-state index in [1.54, 1.807) is 30.3 Å². The lowest BCUT2D eigenvalue weighted by atomic mass is 10.2. The van der Waals surface area contributed by atoms with Gasteiger partial charge in [0.1, 0.15) is 0 Å². The molecule has 29 heavy (non-hydrogen) atoms. The molecule has 0 heterocycles. The minimum Gasteiger partial charge on any atom is -0.490 e. The van der Waals surface area contributed by atoms with E-state index in [1.165, 1.54) is 12.1 Å². The second kappa shape index (κ2) is 10.6. The molecule has 0 saturated heterocycles. The summed E-state index contributed by atoms with van der Waals surface area (Å²) in [5, 5.41) is 15.8. The molecule has 0 bridgehead atoms. The number of amides is 2. The number of nitro benzene ring substituents is 1. The van der Waals surface area contributed by atoms with Gasteiger partial charge in [0.05, 0.1) is 24.7 Å². The van der Waals surface area contributed by atoms with Crippen molar-refractivity contribution in [3.8, 4) is 11.5 Å². The maximum Gasteiger partial charge on any atom is 0.269 e. The molecule has 0 atom stereocenters. The first kappa shape index (κ1) is 21.7. The highest BCUT2D eigenvalue weighted by Crippen LogP contribution is 2.28. The molecule has 0 saturated carbocycles. The lowest BCUT2D eigenvalue weighted by molar-refractivity contribution is -0.384. The molecule has 2 N–H and O–H groups in total. The van der Waals surface area contributed by atoms with Gasteiger partial charge in [0.25, 0.3) is 11.6 Å². The van der Waals surface area contributed by atoms with Gasteiger partial charge in [-0.2, -0.15) is 0 Å². The van der Waals surface area contributed by atoms with Crippen LogP contribution in [0.1, 0.15) is 29.8 Å². The molecule has 9 heteroatoms. The van der Waals surface area contributed by atoms with Gasteiger partial charge in [0.2, 0.25) is 5.91 Å². The van der Waals surface area contributed by atoms with Crippen LogP contribution in [0.5, 0.6) is 11.5 Å². The summed E-state index contributed by atoms with van der Waals surface area (Å²) in [6.45, 7) is 4.58. The van der Waals surface area contributed by atoms with Gasteiger partial charge in [-0.25, -0.2) is 0 Å². The molecule has 0 unspecified atom stereocenters. The van der Waals surface area contributed by atoms with Crippen molar-refractivity contribution < 1.29 is 24.0 Å². The quantitative estimate of drug-likeness (QED) is 0.466. The third-order valence-corrected chi connectivity index (χ3v) is 3.85. The number of ether oxygens (including phenoxy) is 2. The SMILES string of the molecule is CCOc1ccc(C(=O)NCC(=O)NCc2ccc([N+](=O)[O-])cc2)cc1OCC. The molecule has 2 aromatic carbocycles. The van der Waals surface area contributed by atoms with Crippen LogP contribution in [0.25, 0.3) is 0 Å². The van der Waals surface area contributed by atoms with E-state index >= 15 is 0 Å². The van der Waals surface area contributed by atoms with Crippen LogP contribution >= 0.6 is 0 Å². The van der Waals surface area contributed by atoms with Crippen molar-refractivity contribution in [2.24, 2.45) is 0 Å². The Hall–Kier alpha value is -3.62. The van der Waals surface area contributed by atoms with Crippen molar-refractivity contribution in [2.75, 3.05) is 19.8 Å². The smallest absolute Gasteiger partial charge is 0.269 e. The van der Waals surface area contributed by atoms with E-state index in [1.807, 2.05) is 13.8 Å². The zero-order valence-corrected chi connectivity index (χ0v) is 16.3. The van der Waals surface area contributed by atoms with Gasteiger partial charge >= 0.3 is 0 Å². The Morgan fingerprint density at radius 3 is 2.24 bits per heavy atom. The van der Waals surface area contributed by atoms with Crippen molar-refractivity contribution in [3.63, 3.8) is 0 Å². The van der Waals surface area contributed by atoms with E-state index in [-0.39, 0.29) is 24.7 Å². The Morgan fingerprint density at radius 2 is 1.62 bits per heavy atom. The van der Waals surface area contributed by atoms with Crippen molar-refractivity contribution >= 4 is 17.5 Å². The number of nitro groups is 1. The van der Waals surface area contributed by atoms with Gasteiger partial charge in [-0.3, -0.25) is 19.7 Å². The minimum atomic E-state index is -0.490. The number of benzene rings is 2. The zero-order valence-electron chi connectivity index (χ0n) is 16.3. The summed E-state index contributed by atoms with van der Waals surface area (Å²) in [7, 11) is 0. The molecule has 0 aliphatic carbocycles. The van der Waals surface area contributed by atoms with E-state index in [9.17, 15) is 19.7 Å². The van der Waals surface area contributed by atoms with Crippen LogP contribution in [0.4, 0.5) is 5.69 Å². The summed E-state index contributed by atoms with van der Waals surface area (Å²) in [4.78, 5) is 34.4. The Kier molecular flexibility index (Phi) is 7.96. The minimum absolute atomic E-state index is 0.0193. The van der Waals surface area contributed by atoms with Gasteiger partial charge in [0, 0.05) is 24.2 Å². The van der Waals surface area contributed by atoms with E-state index in [4.69, 9.17) is 9.47 Å². The summed E-state index contributed by atoms with van der Waals surface area (Å²) < 4.78 is 10.9. The largest absolute Gasteiger partial charge is 0.490 e. The van der Waals surface area contributed by atoms with Crippen LogP contribution in [0.15, 0.2) is 42.5 Å². The average Bonchev–Trinajstić information content (AvgIpc) is 2.72. The van der Waals surface area contributed by atoms with E-state index in [0.717, 1.165) is 0 Å². The second-order valence-corrected chi connectivity index (χ2v) is 5.91. The van der Waals surface area contributed by atoms with Crippen LogP contribution in [0.2, 0.25) is 0 Å². The third-order valence-electron chi connectivity index (χ3n) is 3.85. The fourth-order valence-electron chi connectivity index (χ4n) is 2.45. The van der Waals surface area contributed by atoms with Gasteiger partial charge in [-0.05, 0) is 37.6 Å². The van der Waals surface area contributed by atoms with Gasteiger partial charge in [-0.15, -0.1) is 0 Å². The summed E-state index contributed by atoms with van der Waals surface area (Å²) in [6.07, 6.45) is 0. The summed E-state index contributed by atoms with van der Waals surface area (Å²) in [5.74, 6) is 0.212. The fraction of sp³-hybridized carbons (Fsp3) is 0.300. The van der Waals surface area contributed by atoms with Gasteiger partial charge in [0.15, 0.2) is 11.5 Å². The number of rotatable bonds is 10. The van der Waals surface area contributed by atoms with Crippen LogP contribution in [0.3, 0.4) is 0 Å². The first-order valence-electron chi connectivity index (χ1n) is 9.12. The number of carbonyl (C=O) groups is 2. The molecule has 154 valence electrons. The number of carbonyl (C=O) groups excluding carboxylic acids is 2. The van der Waals surface area contributed by atoms with Crippen molar-refractivity contribution in [2.45, 2.75) is 20.4 Å². The lowest BCUT2D eigenvalue weighted by Gasteiger charge is -2.12. The van der Waals surface area contributed by atoms with E-state index in [2.05, 4.69) is 10.6 Å². The molecule has 0 aliphatic heterocycles. The van der Waals surface area contributed by atoms with Crippen LogP contribution in [0, 0.1) is 10.1 Å². The monoisotopic (exact) mass is 401 g/mol. The number of hydrogen-bond acceptors (Lipinski definition) is 6. The number of nitrogens with one attached hydrogen (secondary N) is 2. The van der Waals surface area contributed by atoms with Crippen molar-refractivity contribution in [3.05, 3.63) is 63.7 Å². The van der Waals surface area contributed by atoms with E-state index < -0.39 is 10.8 Å². The molecular formula is C20H23N3O6. The van der Waals surface area contributed by atoms with Crippen LogP contribution in [-0.2, 0) is 11.3 Å². The molecule has 0 spiro atoms. The highest BCUT2D eigenvalue weighted by atomic mass is 16.6. The first-order valence-corrected chi connectivity index (χ1v) is 9.12. The Balaban J connectivity index is 1.87. The molecule has 9 nitrogen and oxygen atoms in total. The zero-order chi connectivity index (χ0) is 21.2. The fourth-order valence-corrected chi connectivity index (χ4v) is 2.45. The van der Waals surface area contributed by atoms with Crippen LogP contribution < -0.4 is 20.1 Å². The van der Waals surface area contributed by atoms with Crippen LogP contribution in [-0.4, -0.2) is 36.5 Å². The molecule has 2 aromatic rings. The first-order chi connectivity index (χ1) is 13.9. The summed E-state index contributed by atoms with van der Waals surface area (Å²) >= 11 is 0. The molecule has 2 amide bonds.